The van der Waals surface area contributed by atoms with Gasteiger partial charge < -0.3 is 5.11 Å². The van der Waals surface area contributed by atoms with Gasteiger partial charge in [-0.15, -0.1) is 0 Å². The summed E-state index contributed by atoms with van der Waals surface area (Å²) in [6, 6.07) is 25.4. The summed E-state index contributed by atoms with van der Waals surface area (Å²) in [5.74, 6) is 1.10. The SMILES string of the molecule is CC(C)(c1ccccc1)c1cc(-c2ccccc2)cc(C=NC2CCC(C(C)(C)C)CC2)c1O.[Cl][Zr][Cl]. The quantitative estimate of drug-likeness (QED) is 0.285. The minimum absolute atomic E-state index is 0.334. The molecular weight excluding hydrogens is 576 g/mol. The molecule has 0 unspecified atom stereocenters. The molecule has 0 radical (unpaired) electrons. The van der Waals surface area contributed by atoms with Gasteiger partial charge in [-0.2, -0.15) is 0 Å². The molecule has 0 aliphatic heterocycles. The number of phenolic OH excluding ortho intramolecular Hbond substituents is 1. The Hall–Kier alpha value is -1.41. The Morgan fingerprint density at radius 3 is 1.89 bits per heavy atom. The van der Waals surface area contributed by atoms with Gasteiger partial charge in [0.25, 0.3) is 0 Å². The molecule has 0 amide bonds. The van der Waals surface area contributed by atoms with Crippen molar-refractivity contribution in [2.45, 2.75) is 71.8 Å². The fraction of sp³-hybridized carbons (Fsp3) is 0.406. The summed E-state index contributed by atoms with van der Waals surface area (Å²) < 4.78 is 0. The van der Waals surface area contributed by atoms with E-state index < -0.39 is 20.8 Å². The van der Waals surface area contributed by atoms with Crippen LogP contribution in [0.4, 0.5) is 0 Å². The molecular formula is C32H39Cl2NOZr. The second-order valence-electron chi connectivity index (χ2n) is 11.5. The van der Waals surface area contributed by atoms with Crippen molar-refractivity contribution >= 4 is 23.2 Å². The number of hydrogen-bond acceptors (Lipinski definition) is 2. The summed E-state index contributed by atoms with van der Waals surface area (Å²) in [4.78, 5) is 4.98. The fourth-order valence-electron chi connectivity index (χ4n) is 5.32. The molecule has 0 bridgehead atoms. The van der Waals surface area contributed by atoms with Crippen molar-refractivity contribution < 1.29 is 26.0 Å². The molecule has 1 saturated carbocycles. The van der Waals surface area contributed by atoms with Crippen LogP contribution in [0.3, 0.4) is 0 Å². The van der Waals surface area contributed by atoms with Crippen LogP contribution >= 0.6 is 17.0 Å². The monoisotopic (exact) mass is 613 g/mol. The molecule has 1 aliphatic rings. The van der Waals surface area contributed by atoms with Crippen LogP contribution in [0.5, 0.6) is 5.75 Å². The first kappa shape index (κ1) is 30.1. The molecule has 5 heteroatoms. The molecule has 3 aromatic rings. The van der Waals surface area contributed by atoms with Gasteiger partial charge in [0.2, 0.25) is 0 Å². The summed E-state index contributed by atoms with van der Waals surface area (Å²) in [5.41, 5.74) is 5.19. The third kappa shape index (κ3) is 8.04. The first-order valence-electron chi connectivity index (χ1n) is 13.1. The molecule has 37 heavy (non-hydrogen) atoms. The van der Waals surface area contributed by atoms with E-state index in [1.807, 2.05) is 18.3 Å². The second kappa shape index (κ2) is 13.6. The fourth-order valence-corrected chi connectivity index (χ4v) is 5.32. The Morgan fingerprint density at radius 1 is 0.811 bits per heavy atom. The Bertz CT molecular complexity index is 1150. The van der Waals surface area contributed by atoms with Gasteiger partial charge in [0.1, 0.15) is 5.75 Å². The molecule has 1 N–H and O–H groups in total. The second-order valence-corrected chi connectivity index (χ2v) is 15.3. The van der Waals surface area contributed by atoms with Crippen molar-refractivity contribution in [1.29, 1.82) is 0 Å². The number of halogens is 2. The van der Waals surface area contributed by atoms with E-state index in [-0.39, 0.29) is 5.41 Å². The molecule has 0 heterocycles. The van der Waals surface area contributed by atoms with Gasteiger partial charge in [-0.3, -0.25) is 4.99 Å². The van der Waals surface area contributed by atoms with E-state index >= 15 is 0 Å². The maximum absolute atomic E-state index is 11.4. The summed E-state index contributed by atoms with van der Waals surface area (Å²) in [5, 5.41) is 11.4. The van der Waals surface area contributed by atoms with Crippen LogP contribution in [0, 0.1) is 11.3 Å². The zero-order valence-corrected chi connectivity index (χ0v) is 26.6. The van der Waals surface area contributed by atoms with Gasteiger partial charge in [-0.25, -0.2) is 0 Å². The third-order valence-corrected chi connectivity index (χ3v) is 7.76. The average Bonchev–Trinajstić information content (AvgIpc) is 2.89. The van der Waals surface area contributed by atoms with E-state index in [0.29, 0.717) is 17.2 Å². The Labute approximate surface area is 242 Å². The van der Waals surface area contributed by atoms with Crippen molar-refractivity contribution in [1.82, 2.24) is 0 Å². The van der Waals surface area contributed by atoms with Gasteiger partial charge >= 0.3 is 37.9 Å². The number of nitrogens with zero attached hydrogens (tertiary/aromatic N) is 1. The van der Waals surface area contributed by atoms with Crippen LogP contribution in [-0.4, -0.2) is 17.4 Å². The number of phenols is 1. The molecule has 4 rings (SSSR count). The number of benzene rings is 3. The van der Waals surface area contributed by atoms with Crippen molar-refractivity contribution in [3.05, 3.63) is 89.5 Å². The molecule has 0 atom stereocenters. The van der Waals surface area contributed by atoms with Crippen molar-refractivity contribution in [3.8, 4) is 16.9 Å². The van der Waals surface area contributed by atoms with Crippen LogP contribution in [-0.2, 0) is 26.3 Å². The Kier molecular flexibility index (Phi) is 11.1. The number of hydrogen-bond donors (Lipinski definition) is 1. The first-order valence-corrected chi connectivity index (χ1v) is 19.4. The van der Waals surface area contributed by atoms with E-state index in [1.54, 1.807) is 0 Å². The van der Waals surface area contributed by atoms with E-state index in [4.69, 9.17) is 22.0 Å². The Morgan fingerprint density at radius 2 is 1.35 bits per heavy atom. The molecule has 0 aromatic heterocycles. The molecule has 196 valence electrons. The zero-order chi connectivity index (χ0) is 27.1. The standard InChI is InChI=1S/C32H39NO.2ClH.Zr/c1-31(2,3)26-16-18-28(19-17-26)33-22-25-20-24(23-12-8-6-9-13-23)21-29(30(25)34)32(4,5)27-14-10-7-11-15-27;;;/h6-15,20-22,26,28,34H,16-19H2,1-5H3;2*1H;/q;;;+2/p-2. The molecule has 3 aromatic carbocycles. The average molecular weight is 616 g/mol. The number of aliphatic imine (C=N–C) groups is 1. The topological polar surface area (TPSA) is 32.6 Å². The summed E-state index contributed by atoms with van der Waals surface area (Å²) >= 11 is -0.826. The molecule has 1 fully saturated rings. The van der Waals surface area contributed by atoms with Crippen LogP contribution in [0.25, 0.3) is 11.1 Å². The van der Waals surface area contributed by atoms with E-state index in [1.165, 1.54) is 18.4 Å². The first-order chi connectivity index (χ1) is 17.6. The van der Waals surface area contributed by atoms with Gasteiger partial charge in [-0.05, 0) is 65.8 Å². The van der Waals surface area contributed by atoms with Crippen molar-refractivity contribution in [2.24, 2.45) is 16.3 Å². The van der Waals surface area contributed by atoms with Gasteiger partial charge in [0, 0.05) is 28.8 Å². The van der Waals surface area contributed by atoms with Gasteiger partial charge in [0.05, 0.1) is 0 Å². The summed E-state index contributed by atoms with van der Waals surface area (Å²) in [6.45, 7) is 11.4. The third-order valence-electron chi connectivity index (χ3n) is 7.76. The van der Waals surface area contributed by atoms with Gasteiger partial charge in [0.15, 0.2) is 0 Å². The summed E-state index contributed by atoms with van der Waals surface area (Å²) in [7, 11) is 9.87. The van der Waals surface area contributed by atoms with Crippen LogP contribution < -0.4 is 0 Å². The summed E-state index contributed by atoms with van der Waals surface area (Å²) in [6.07, 6.45) is 6.63. The predicted octanol–water partition coefficient (Wildman–Crippen LogP) is 9.79. The van der Waals surface area contributed by atoms with Crippen LogP contribution in [0.2, 0.25) is 0 Å². The molecule has 0 saturated heterocycles. The molecule has 1 aliphatic carbocycles. The van der Waals surface area contributed by atoms with E-state index in [9.17, 15) is 5.11 Å². The zero-order valence-electron chi connectivity index (χ0n) is 22.6. The molecule has 0 spiro atoms. The number of aromatic hydroxyl groups is 1. The van der Waals surface area contributed by atoms with E-state index in [2.05, 4.69) is 95.3 Å². The number of rotatable bonds is 5. The maximum atomic E-state index is 11.4. The van der Waals surface area contributed by atoms with Crippen LogP contribution in [0.15, 0.2) is 77.8 Å². The van der Waals surface area contributed by atoms with Crippen molar-refractivity contribution in [3.63, 3.8) is 0 Å². The Balaban J connectivity index is 0.00000121. The van der Waals surface area contributed by atoms with Crippen molar-refractivity contribution in [2.75, 3.05) is 0 Å². The van der Waals surface area contributed by atoms with Crippen LogP contribution in [0.1, 0.15) is 77.0 Å². The molecule has 2 nitrogen and oxygen atoms in total. The van der Waals surface area contributed by atoms with Gasteiger partial charge in [-0.1, -0.05) is 95.3 Å². The normalized spacial score (nSPS) is 18.2. The minimum atomic E-state index is -0.826. The van der Waals surface area contributed by atoms with E-state index in [0.717, 1.165) is 41.0 Å². The predicted molar refractivity (Wildman–Crippen MR) is 157 cm³/mol.